The second kappa shape index (κ2) is 6.45. The van der Waals surface area contributed by atoms with Crippen LogP contribution in [0.25, 0.3) is 0 Å². The molecule has 94 valence electrons. The molecule has 0 aliphatic carbocycles. The number of likely N-dealkylation sites (N-methyl/N-ethyl adjacent to an activating group) is 1. The first-order valence-corrected chi connectivity index (χ1v) is 5.64. The van der Waals surface area contributed by atoms with Crippen LogP contribution < -0.4 is 4.90 Å². The van der Waals surface area contributed by atoms with Gasteiger partial charge in [-0.05, 0) is 31.2 Å². The molecule has 0 heterocycles. The van der Waals surface area contributed by atoms with E-state index in [1.807, 2.05) is 24.1 Å². The van der Waals surface area contributed by atoms with E-state index in [0.29, 0.717) is 24.3 Å². The number of nitriles is 1. The third kappa shape index (κ3) is 3.63. The maximum Gasteiger partial charge on any atom is 0.335 e. The van der Waals surface area contributed by atoms with Gasteiger partial charge in [0.25, 0.3) is 0 Å². The van der Waals surface area contributed by atoms with E-state index >= 15 is 0 Å². The number of esters is 1. The highest BCUT2D eigenvalue weighted by molar-refractivity contribution is 5.88. The minimum absolute atomic E-state index is 0.346. The van der Waals surface area contributed by atoms with Crippen LogP contribution in [-0.2, 0) is 9.53 Å². The van der Waals surface area contributed by atoms with Crippen molar-refractivity contribution in [2.24, 2.45) is 0 Å². The molecule has 0 spiro atoms. The van der Waals surface area contributed by atoms with Gasteiger partial charge >= 0.3 is 5.97 Å². The zero-order valence-corrected chi connectivity index (χ0v) is 10.6. The Morgan fingerprint density at radius 1 is 1.44 bits per heavy atom. The molecule has 0 bridgehead atoms. The number of carbonyl (C=O) groups is 1. The Morgan fingerprint density at radius 2 is 2.06 bits per heavy atom. The minimum atomic E-state index is -0.377. The van der Waals surface area contributed by atoms with E-state index in [0.717, 1.165) is 5.69 Å². The smallest absolute Gasteiger partial charge is 0.335 e. The number of anilines is 1. The van der Waals surface area contributed by atoms with Gasteiger partial charge in [0, 0.05) is 24.9 Å². The number of rotatable bonds is 5. The summed E-state index contributed by atoms with van der Waals surface area (Å²) in [4.78, 5) is 13.3. The molecular formula is C14H16N2O2. The van der Waals surface area contributed by atoms with Crippen molar-refractivity contribution < 1.29 is 9.53 Å². The minimum Gasteiger partial charge on any atom is -0.463 e. The normalized spacial score (nSPS) is 9.39. The first-order valence-electron chi connectivity index (χ1n) is 5.64. The largest absolute Gasteiger partial charge is 0.463 e. The van der Waals surface area contributed by atoms with Crippen molar-refractivity contribution in [2.75, 3.05) is 25.1 Å². The lowest BCUT2D eigenvalue weighted by Crippen LogP contribution is -2.24. The van der Waals surface area contributed by atoms with Crippen LogP contribution in [-0.4, -0.2) is 26.2 Å². The number of benzene rings is 1. The van der Waals surface area contributed by atoms with E-state index < -0.39 is 0 Å². The SMILES string of the molecule is C=C(CN(C)c1ccc(C#N)cc1)C(=O)OCC. The third-order valence-corrected chi connectivity index (χ3v) is 2.43. The molecule has 0 saturated carbocycles. The maximum atomic E-state index is 11.4. The summed E-state index contributed by atoms with van der Waals surface area (Å²) in [5.41, 5.74) is 1.93. The van der Waals surface area contributed by atoms with Crippen LogP contribution in [0.15, 0.2) is 36.4 Å². The molecule has 0 saturated heterocycles. The number of hydrogen-bond acceptors (Lipinski definition) is 4. The Morgan fingerprint density at radius 3 is 2.56 bits per heavy atom. The van der Waals surface area contributed by atoms with Gasteiger partial charge in [-0.3, -0.25) is 0 Å². The Balaban J connectivity index is 2.64. The molecule has 0 fully saturated rings. The van der Waals surface area contributed by atoms with Crippen LogP contribution in [0.1, 0.15) is 12.5 Å². The van der Waals surface area contributed by atoms with Crippen molar-refractivity contribution in [2.45, 2.75) is 6.92 Å². The van der Waals surface area contributed by atoms with E-state index in [9.17, 15) is 4.79 Å². The average Bonchev–Trinajstić information content (AvgIpc) is 2.39. The van der Waals surface area contributed by atoms with Crippen molar-refractivity contribution in [3.63, 3.8) is 0 Å². The predicted molar refractivity (Wildman–Crippen MR) is 70.2 cm³/mol. The summed E-state index contributed by atoms with van der Waals surface area (Å²) in [5, 5.41) is 8.71. The van der Waals surface area contributed by atoms with E-state index in [-0.39, 0.29) is 5.97 Å². The molecular weight excluding hydrogens is 228 g/mol. The number of nitrogens with zero attached hydrogens (tertiary/aromatic N) is 2. The molecule has 4 nitrogen and oxygen atoms in total. The van der Waals surface area contributed by atoms with Gasteiger partial charge in [0.05, 0.1) is 18.2 Å². The van der Waals surface area contributed by atoms with Gasteiger partial charge in [-0.1, -0.05) is 6.58 Å². The lowest BCUT2D eigenvalue weighted by atomic mass is 10.2. The van der Waals surface area contributed by atoms with Gasteiger partial charge in [0.1, 0.15) is 0 Å². The van der Waals surface area contributed by atoms with Gasteiger partial charge in [0.15, 0.2) is 0 Å². The van der Waals surface area contributed by atoms with E-state index in [1.165, 1.54) is 0 Å². The molecule has 0 unspecified atom stereocenters. The first-order chi connectivity index (χ1) is 8.58. The van der Waals surface area contributed by atoms with Crippen molar-refractivity contribution in [3.8, 4) is 6.07 Å². The van der Waals surface area contributed by atoms with Crippen LogP contribution >= 0.6 is 0 Å². The number of ether oxygens (including phenoxy) is 1. The molecule has 1 aromatic rings. The Kier molecular flexibility index (Phi) is 4.94. The summed E-state index contributed by atoms with van der Waals surface area (Å²) < 4.78 is 4.87. The summed E-state index contributed by atoms with van der Waals surface area (Å²) in [5.74, 6) is -0.377. The van der Waals surface area contributed by atoms with Crippen LogP contribution in [0, 0.1) is 11.3 Å². The van der Waals surface area contributed by atoms with Gasteiger partial charge in [-0.2, -0.15) is 5.26 Å². The number of carbonyl (C=O) groups excluding carboxylic acids is 1. The zero-order chi connectivity index (χ0) is 13.5. The van der Waals surface area contributed by atoms with E-state index in [2.05, 4.69) is 12.6 Å². The van der Waals surface area contributed by atoms with Crippen molar-refractivity contribution in [1.29, 1.82) is 5.26 Å². The Labute approximate surface area is 107 Å². The lowest BCUT2D eigenvalue weighted by molar-refractivity contribution is -0.138. The molecule has 0 aliphatic rings. The Bertz CT molecular complexity index is 472. The molecule has 0 amide bonds. The molecule has 1 rings (SSSR count). The molecule has 18 heavy (non-hydrogen) atoms. The average molecular weight is 244 g/mol. The topological polar surface area (TPSA) is 53.3 Å². The molecule has 4 heteroatoms. The first kappa shape index (κ1) is 13.8. The zero-order valence-electron chi connectivity index (χ0n) is 10.6. The van der Waals surface area contributed by atoms with Gasteiger partial charge in [0.2, 0.25) is 0 Å². The van der Waals surface area contributed by atoms with Crippen LogP contribution in [0.2, 0.25) is 0 Å². The lowest BCUT2D eigenvalue weighted by Gasteiger charge is -2.19. The highest BCUT2D eigenvalue weighted by Crippen LogP contribution is 2.14. The van der Waals surface area contributed by atoms with Crippen LogP contribution in [0.5, 0.6) is 0 Å². The standard InChI is InChI=1S/C14H16N2O2/c1-4-18-14(17)11(2)10-16(3)13-7-5-12(9-15)6-8-13/h5-8H,2,4,10H2,1,3H3. The second-order valence-electron chi connectivity index (χ2n) is 3.84. The monoisotopic (exact) mass is 244 g/mol. The molecule has 0 aromatic heterocycles. The molecule has 0 aliphatic heterocycles. The quantitative estimate of drug-likeness (QED) is 0.588. The van der Waals surface area contributed by atoms with Crippen LogP contribution in [0.3, 0.4) is 0 Å². The summed E-state index contributed by atoms with van der Waals surface area (Å²) in [6.07, 6.45) is 0. The fraction of sp³-hybridized carbons (Fsp3) is 0.286. The third-order valence-electron chi connectivity index (χ3n) is 2.43. The summed E-state index contributed by atoms with van der Waals surface area (Å²) in [7, 11) is 1.85. The Hall–Kier alpha value is -2.28. The number of hydrogen-bond donors (Lipinski definition) is 0. The maximum absolute atomic E-state index is 11.4. The molecule has 0 radical (unpaired) electrons. The van der Waals surface area contributed by atoms with Crippen LogP contribution in [0.4, 0.5) is 5.69 Å². The van der Waals surface area contributed by atoms with Crippen molar-refractivity contribution in [3.05, 3.63) is 42.0 Å². The fourth-order valence-corrected chi connectivity index (χ4v) is 1.47. The fourth-order valence-electron chi connectivity index (χ4n) is 1.47. The predicted octanol–water partition coefficient (Wildman–Crippen LogP) is 2.11. The van der Waals surface area contributed by atoms with Gasteiger partial charge in [-0.15, -0.1) is 0 Å². The van der Waals surface area contributed by atoms with Gasteiger partial charge < -0.3 is 9.64 Å². The highest BCUT2D eigenvalue weighted by Gasteiger charge is 2.10. The van der Waals surface area contributed by atoms with Crippen molar-refractivity contribution in [1.82, 2.24) is 0 Å². The van der Waals surface area contributed by atoms with E-state index in [4.69, 9.17) is 10.00 Å². The summed E-state index contributed by atoms with van der Waals surface area (Å²) in [6.45, 7) is 6.20. The molecule has 0 N–H and O–H groups in total. The van der Waals surface area contributed by atoms with Gasteiger partial charge in [-0.25, -0.2) is 4.79 Å². The summed E-state index contributed by atoms with van der Waals surface area (Å²) >= 11 is 0. The summed E-state index contributed by atoms with van der Waals surface area (Å²) in [6, 6.07) is 9.19. The highest BCUT2D eigenvalue weighted by atomic mass is 16.5. The van der Waals surface area contributed by atoms with Crippen molar-refractivity contribution >= 4 is 11.7 Å². The van der Waals surface area contributed by atoms with E-state index in [1.54, 1.807) is 19.1 Å². The second-order valence-corrected chi connectivity index (χ2v) is 3.84. The molecule has 0 atom stereocenters. The molecule has 1 aromatic carbocycles.